The first kappa shape index (κ1) is 19.7. The highest BCUT2D eigenvalue weighted by Gasteiger charge is 2.34. The molecular weight excluding hydrogens is 344 g/mol. The van der Waals surface area contributed by atoms with Crippen LogP contribution in [0.2, 0.25) is 0 Å². The highest BCUT2D eigenvalue weighted by atomic mass is 16.5. The van der Waals surface area contributed by atoms with Gasteiger partial charge in [0, 0.05) is 32.1 Å². The molecule has 0 spiro atoms. The molecule has 2 fully saturated rings. The molecule has 6 heteroatoms. The summed E-state index contributed by atoms with van der Waals surface area (Å²) < 4.78 is 11.5. The highest BCUT2D eigenvalue weighted by Crippen LogP contribution is 2.23. The average Bonchev–Trinajstić information content (AvgIpc) is 2.67. The van der Waals surface area contributed by atoms with Gasteiger partial charge in [0.05, 0.1) is 12.2 Å². The number of likely N-dealkylation sites (tertiary alicyclic amines) is 1. The Labute approximate surface area is 161 Å². The number of nitrogens with zero attached hydrogens (tertiary/aromatic N) is 2. The predicted octanol–water partition coefficient (Wildman–Crippen LogP) is 2.33. The first-order valence-electron chi connectivity index (χ1n) is 9.88. The van der Waals surface area contributed by atoms with E-state index in [1.54, 1.807) is 6.92 Å². The molecule has 27 heavy (non-hydrogen) atoms. The molecule has 3 unspecified atom stereocenters. The molecule has 6 nitrogen and oxygen atoms in total. The fourth-order valence-electron chi connectivity index (χ4n) is 3.97. The summed E-state index contributed by atoms with van der Waals surface area (Å²) >= 11 is 0. The van der Waals surface area contributed by atoms with E-state index in [1.165, 1.54) is 0 Å². The van der Waals surface area contributed by atoms with Crippen LogP contribution in [0.3, 0.4) is 0 Å². The zero-order chi connectivity index (χ0) is 19.4. The molecule has 3 atom stereocenters. The van der Waals surface area contributed by atoms with Gasteiger partial charge in [0.2, 0.25) is 5.91 Å². The van der Waals surface area contributed by atoms with E-state index in [9.17, 15) is 9.59 Å². The largest absolute Gasteiger partial charge is 0.481 e. The van der Waals surface area contributed by atoms with Crippen LogP contribution in [-0.2, 0) is 14.3 Å². The number of piperidine rings is 1. The van der Waals surface area contributed by atoms with Crippen LogP contribution in [0.4, 0.5) is 0 Å². The van der Waals surface area contributed by atoms with E-state index >= 15 is 0 Å². The molecule has 2 saturated heterocycles. The van der Waals surface area contributed by atoms with Crippen LogP contribution in [0.1, 0.15) is 33.6 Å². The molecule has 2 heterocycles. The summed E-state index contributed by atoms with van der Waals surface area (Å²) in [6.45, 7) is 8.31. The lowest BCUT2D eigenvalue weighted by molar-refractivity contribution is -0.151. The third-order valence-corrected chi connectivity index (χ3v) is 5.29. The summed E-state index contributed by atoms with van der Waals surface area (Å²) in [6, 6.07) is 9.38. The Hall–Kier alpha value is -2.08. The highest BCUT2D eigenvalue weighted by molar-refractivity contribution is 5.82. The van der Waals surface area contributed by atoms with Crippen molar-refractivity contribution in [1.29, 1.82) is 0 Å². The monoisotopic (exact) mass is 374 g/mol. The lowest BCUT2D eigenvalue weighted by Crippen LogP contribution is -2.52. The van der Waals surface area contributed by atoms with Gasteiger partial charge < -0.3 is 19.3 Å². The molecular formula is C21H30N2O4. The van der Waals surface area contributed by atoms with Gasteiger partial charge >= 0.3 is 0 Å². The molecule has 1 aromatic rings. The minimum absolute atomic E-state index is 0.00287. The second kappa shape index (κ2) is 8.74. The van der Waals surface area contributed by atoms with Crippen molar-refractivity contribution in [2.24, 2.45) is 5.92 Å². The maximum Gasteiger partial charge on any atom is 0.263 e. The van der Waals surface area contributed by atoms with Crippen molar-refractivity contribution in [3.05, 3.63) is 30.3 Å². The van der Waals surface area contributed by atoms with Crippen molar-refractivity contribution < 1.29 is 19.1 Å². The molecule has 2 aliphatic rings. The summed E-state index contributed by atoms with van der Waals surface area (Å²) in [4.78, 5) is 29.2. The van der Waals surface area contributed by atoms with Gasteiger partial charge in [0.15, 0.2) is 6.10 Å². The zero-order valence-electron chi connectivity index (χ0n) is 16.5. The number of carbonyl (C=O) groups is 2. The van der Waals surface area contributed by atoms with Gasteiger partial charge in [0.25, 0.3) is 5.91 Å². The van der Waals surface area contributed by atoms with Crippen molar-refractivity contribution in [3.63, 3.8) is 0 Å². The lowest BCUT2D eigenvalue weighted by Gasteiger charge is -2.39. The summed E-state index contributed by atoms with van der Waals surface area (Å²) in [7, 11) is 0. The van der Waals surface area contributed by atoms with E-state index in [-0.39, 0.29) is 29.9 Å². The average molecular weight is 374 g/mol. The Morgan fingerprint density at radius 3 is 2.22 bits per heavy atom. The summed E-state index contributed by atoms with van der Waals surface area (Å²) in [5.74, 6) is 0.881. The Kier molecular flexibility index (Phi) is 6.37. The van der Waals surface area contributed by atoms with Crippen LogP contribution in [0.5, 0.6) is 5.75 Å². The van der Waals surface area contributed by atoms with E-state index in [0.717, 1.165) is 0 Å². The molecule has 0 aliphatic carbocycles. The molecule has 2 amide bonds. The first-order chi connectivity index (χ1) is 12.9. The smallest absolute Gasteiger partial charge is 0.263 e. The molecule has 3 rings (SSSR count). The van der Waals surface area contributed by atoms with Crippen LogP contribution in [0.25, 0.3) is 0 Å². The maximum atomic E-state index is 12.8. The van der Waals surface area contributed by atoms with Gasteiger partial charge in [-0.1, -0.05) is 18.2 Å². The standard InChI is InChI=1S/C21H30N2O4/c1-15-13-23(14-16(2)26-15)21(25)18-9-11-22(12-10-18)20(24)17(3)27-19-7-5-4-6-8-19/h4-8,15-18H,9-14H2,1-3H3. The van der Waals surface area contributed by atoms with Gasteiger partial charge in [-0.3, -0.25) is 9.59 Å². The van der Waals surface area contributed by atoms with Crippen molar-refractivity contribution in [1.82, 2.24) is 9.80 Å². The molecule has 0 N–H and O–H groups in total. The zero-order valence-corrected chi connectivity index (χ0v) is 16.5. The molecule has 2 aliphatic heterocycles. The van der Waals surface area contributed by atoms with Crippen LogP contribution >= 0.6 is 0 Å². The fraction of sp³-hybridized carbons (Fsp3) is 0.619. The number of para-hydroxylation sites is 1. The molecule has 1 aromatic carbocycles. The van der Waals surface area contributed by atoms with Crippen LogP contribution in [-0.4, -0.2) is 66.1 Å². The van der Waals surface area contributed by atoms with Gasteiger partial charge in [0.1, 0.15) is 5.75 Å². The summed E-state index contributed by atoms with van der Waals surface area (Å²) in [6.07, 6.45) is 1.05. The van der Waals surface area contributed by atoms with Crippen LogP contribution < -0.4 is 4.74 Å². The van der Waals surface area contributed by atoms with Crippen molar-refractivity contribution in [3.8, 4) is 5.75 Å². The number of rotatable bonds is 4. The summed E-state index contributed by atoms with van der Waals surface area (Å²) in [5, 5.41) is 0. The first-order valence-corrected chi connectivity index (χ1v) is 9.88. The van der Waals surface area contributed by atoms with E-state index in [0.29, 0.717) is 44.8 Å². The van der Waals surface area contributed by atoms with Gasteiger partial charge in [-0.05, 0) is 45.7 Å². The van der Waals surface area contributed by atoms with E-state index in [2.05, 4.69) is 0 Å². The van der Waals surface area contributed by atoms with Gasteiger partial charge in [-0.15, -0.1) is 0 Å². The van der Waals surface area contributed by atoms with Crippen molar-refractivity contribution in [2.75, 3.05) is 26.2 Å². The number of morpholine rings is 1. The molecule has 0 bridgehead atoms. The Morgan fingerprint density at radius 1 is 1.04 bits per heavy atom. The number of benzene rings is 1. The third kappa shape index (κ3) is 5.01. The van der Waals surface area contributed by atoms with Gasteiger partial charge in [-0.2, -0.15) is 0 Å². The Balaban J connectivity index is 1.49. The third-order valence-electron chi connectivity index (χ3n) is 5.29. The quantitative estimate of drug-likeness (QED) is 0.812. The Morgan fingerprint density at radius 2 is 1.63 bits per heavy atom. The normalized spacial score (nSPS) is 25.1. The molecule has 0 aromatic heterocycles. The summed E-state index contributed by atoms with van der Waals surface area (Å²) in [5.41, 5.74) is 0. The second-order valence-electron chi connectivity index (χ2n) is 7.67. The SMILES string of the molecule is CC1CN(C(=O)C2CCN(C(=O)C(C)Oc3ccccc3)CC2)CC(C)O1. The van der Waals surface area contributed by atoms with Crippen molar-refractivity contribution in [2.45, 2.75) is 51.9 Å². The number of hydrogen-bond acceptors (Lipinski definition) is 4. The van der Waals surface area contributed by atoms with Crippen LogP contribution in [0, 0.1) is 5.92 Å². The molecule has 0 saturated carbocycles. The second-order valence-corrected chi connectivity index (χ2v) is 7.67. The van der Waals surface area contributed by atoms with E-state index in [4.69, 9.17) is 9.47 Å². The number of carbonyl (C=O) groups excluding carboxylic acids is 2. The Bertz CT molecular complexity index is 633. The van der Waals surface area contributed by atoms with Crippen LogP contribution in [0.15, 0.2) is 30.3 Å². The van der Waals surface area contributed by atoms with Crippen molar-refractivity contribution >= 4 is 11.8 Å². The number of hydrogen-bond donors (Lipinski definition) is 0. The molecule has 0 radical (unpaired) electrons. The lowest BCUT2D eigenvalue weighted by atomic mass is 9.94. The number of amides is 2. The van der Waals surface area contributed by atoms with E-state index < -0.39 is 6.10 Å². The minimum atomic E-state index is -0.527. The topological polar surface area (TPSA) is 59.1 Å². The minimum Gasteiger partial charge on any atom is -0.481 e. The maximum absolute atomic E-state index is 12.8. The van der Waals surface area contributed by atoms with Gasteiger partial charge in [-0.25, -0.2) is 0 Å². The van der Waals surface area contributed by atoms with E-state index in [1.807, 2.05) is 54.0 Å². The fourth-order valence-corrected chi connectivity index (χ4v) is 3.97. The number of ether oxygens (including phenoxy) is 2. The molecule has 148 valence electrons. The predicted molar refractivity (Wildman–Crippen MR) is 102 cm³/mol.